The van der Waals surface area contributed by atoms with Gasteiger partial charge in [-0.3, -0.25) is 4.79 Å². The molecule has 4 aliphatic rings. The molecule has 41 heavy (non-hydrogen) atoms. The molecule has 4 aliphatic carbocycles. The van der Waals surface area contributed by atoms with E-state index in [9.17, 15) is 4.79 Å². The zero-order chi connectivity index (χ0) is 29.3. The largest absolute Gasteiger partial charge is 0.469 e. The topological polar surface area (TPSA) is 76.4 Å². The van der Waals surface area contributed by atoms with Crippen molar-refractivity contribution < 1.29 is 9.53 Å². The van der Waals surface area contributed by atoms with Gasteiger partial charge >= 0.3 is 5.97 Å². The summed E-state index contributed by atoms with van der Waals surface area (Å²) in [7, 11) is 1.52. The first-order chi connectivity index (χ1) is 19.8. The van der Waals surface area contributed by atoms with E-state index < -0.39 is 0 Å². The molecule has 4 fully saturated rings. The predicted molar refractivity (Wildman–Crippen MR) is 172 cm³/mol. The molecule has 0 aliphatic heterocycles. The van der Waals surface area contributed by atoms with E-state index in [0.29, 0.717) is 23.2 Å². The van der Waals surface area contributed by atoms with Crippen LogP contribution in [0.25, 0.3) is 0 Å². The third kappa shape index (κ3) is 8.09. The molecule has 0 aromatic rings. The Balaban J connectivity index is 1.16. The second-order valence-corrected chi connectivity index (χ2v) is 15.4. The molecule has 0 saturated heterocycles. The first kappa shape index (κ1) is 33.2. The molecule has 4 rings (SSSR count). The van der Waals surface area contributed by atoms with Gasteiger partial charge in [0.2, 0.25) is 0 Å². The van der Waals surface area contributed by atoms with Crippen molar-refractivity contribution in [2.45, 2.75) is 142 Å². The zero-order valence-electron chi connectivity index (χ0n) is 27.5. The summed E-state index contributed by atoms with van der Waals surface area (Å²) >= 11 is 0. The molecular weight excluding hydrogens is 506 g/mol. The van der Waals surface area contributed by atoms with Gasteiger partial charge in [0.05, 0.1) is 7.11 Å². The van der Waals surface area contributed by atoms with E-state index in [1.807, 2.05) is 0 Å². The van der Waals surface area contributed by atoms with Crippen LogP contribution >= 0.6 is 0 Å². The first-order valence-electron chi connectivity index (χ1n) is 18.0. The molecule has 0 spiro atoms. The number of unbranched alkanes of at least 4 members (excludes halogenated alkanes) is 5. The van der Waals surface area contributed by atoms with Crippen LogP contribution in [-0.4, -0.2) is 45.3 Å². The van der Waals surface area contributed by atoms with Crippen molar-refractivity contribution in [3.05, 3.63) is 0 Å². The Morgan fingerprint density at radius 1 is 0.854 bits per heavy atom. The molecule has 5 nitrogen and oxygen atoms in total. The molecule has 5 heteroatoms. The van der Waals surface area contributed by atoms with Crippen molar-refractivity contribution in [3.63, 3.8) is 0 Å². The summed E-state index contributed by atoms with van der Waals surface area (Å²) in [6.07, 6.45) is 23.5. The van der Waals surface area contributed by atoms with Gasteiger partial charge in [0, 0.05) is 12.5 Å². The fraction of sp³-hybridized carbons (Fsp3) is 0.972. The van der Waals surface area contributed by atoms with Crippen LogP contribution in [-0.2, 0) is 9.53 Å². The first-order valence-corrected chi connectivity index (χ1v) is 18.0. The number of fused-ring (bicyclic) bond motifs is 5. The Morgan fingerprint density at radius 2 is 1.56 bits per heavy atom. The van der Waals surface area contributed by atoms with E-state index in [1.54, 1.807) is 0 Å². The normalized spacial score (nSPS) is 37.2. The van der Waals surface area contributed by atoms with E-state index in [-0.39, 0.29) is 5.97 Å². The summed E-state index contributed by atoms with van der Waals surface area (Å²) in [5.41, 5.74) is 6.62. The second kappa shape index (κ2) is 15.9. The van der Waals surface area contributed by atoms with Gasteiger partial charge in [0.15, 0.2) is 0 Å². The molecule has 0 heterocycles. The maximum Gasteiger partial charge on any atom is 0.305 e. The Labute approximate surface area is 253 Å². The third-order valence-electron chi connectivity index (χ3n) is 13.2. The average Bonchev–Trinajstić information content (AvgIpc) is 3.33. The van der Waals surface area contributed by atoms with Crippen LogP contribution in [0.2, 0.25) is 0 Å². The van der Waals surface area contributed by atoms with Crippen molar-refractivity contribution in [1.29, 1.82) is 0 Å². The lowest BCUT2D eigenvalue weighted by atomic mass is 9.44. The molecule has 0 radical (unpaired) electrons. The Hall–Kier alpha value is -0.650. The van der Waals surface area contributed by atoms with E-state index in [2.05, 4.69) is 31.4 Å². The highest BCUT2D eigenvalue weighted by Crippen LogP contribution is 2.68. The van der Waals surface area contributed by atoms with Crippen LogP contribution in [0, 0.1) is 46.3 Å². The minimum Gasteiger partial charge on any atom is -0.469 e. The lowest BCUT2D eigenvalue weighted by Gasteiger charge is -2.61. The maximum atomic E-state index is 11.8. The number of nitrogens with two attached hydrogens (primary N) is 1. The van der Waals surface area contributed by atoms with Crippen LogP contribution in [0.3, 0.4) is 0 Å². The number of carbonyl (C=O) groups is 1. The van der Waals surface area contributed by atoms with E-state index >= 15 is 0 Å². The summed E-state index contributed by atoms with van der Waals surface area (Å²) in [6.45, 7) is 12.1. The van der Waals surface area contributed by atoms with Crippen LogP contribution in [0.4, 0.5) is 0 Å². The minimum atomic E-state index is -0.0379. The highest BCUT2D eigenvalue weighted by atomic mass is 16.5. The molecular formula is C36H67N3O2. The Bertz CT molecular complexity index is 791. The SMILES string of the molecule is COC(=O)CC[C@@H](C)[C@H]1CCC2C3CC[C@@H]4C[C@@H](NCCCNCCCCCCCCN)CC[C@]4(C)C3CC[C@@]21C. The standard InChI is InChI=1S/C36H67N3O2/c1-27(12-17-34(40)41-4)31-15-16-32-30-14-13-28-26-29(18-20-35(28,2)33(30)19-21-36(31,32)3)39-25-11-24-38-23-10-8-6-5-7-9-22-37/h27-33,38-39H,5-26,37H2,1-4H3/t27-,28-,29+,30?,31-,32?,33?,35+,36-/m1/s1. The molecule has 0 aromatic heterocycles. The van der Waals surface area contributed by atoms with Crippen molar-refractivity contribution in [1.82, 2.24) is 10.6 Å². The minimum absolute atomic E-state index is 0.0379. The van der Waals surface area contributed by atoms with E-state index in [0.717, 1.165) is 55.1 Å². The number of esters is 1. The Morgan fingerprint density at radius 3 is 2.34 bits per heavy atom. The molecule has 0 amide bonds. The molecule has 0 aromatic carbocycles. The molecule has 4 saturated carbocycles. The van der Waals surface area contributed by atoms with Gasteiger partial charge in [0.25, 0.3) is 0 Å². The van der Waals surface area contributed by atoms with Crippen LogP contribution in [0.5, 0.6) is 0 Å². The van der Waals surface area contributed by atoms with Crippen LogP contribution in [0.1, 0.15) is 136 Å². The third-order valence-corrected chi connectivity index (χ3v) is 13.2. The molecule has 3 unspecified atom stereocenters. The summed E-state index contributed by atoms with van der Waals surface area (Å²) in [6, 6.07) is 0.735. The van der Waals surface area contributed by atoms with Gasteiger partial charge in [-0.2, -0.15) is 0 Å². The lowest BCUT2D eigenvalue weighted by molar-refractivity contribution is -0.141. The molecule has 0 bridgehead atoms. The zero-order valence-corrected chi connectivity index (χ0v) is 27.5. The highest BCUT2D eigenvalue weighted by molar-refractivity contribution is 5.69. The van der Waals surface area contributed by atoms with Gasteiger partial charge in [-0.15, -0.1) is 0 Å². The molecule has 4 N–H and O–H groups in total. The molecule has 9 atom stereocenters. The van der Waals surface area contributed by atoms with Gasteiger partial charge in [-0.1, -0.05) is 46.5 Å². The fourth-order valence-corrected chi connectivity index (χ4v) is 10.8. The van der Waals surface area contributed by atoms with Crippen molar-refractivity contribution in [3.8, 4) is 0 Å². The van der Waals surface area contributed by atoms with Crippen molar-refractivity contribution in [2.75, 3.05) is 33.3 Å². The number of ether oxygens (including phenoxy) is 1. The number of methoxy groups -OCH3 is 1. The second-order valence-electron chi connectivity index (χ2n) is 15.4. The van der Waals surface area contributed by atoms with Crippen LogP contribution < -0.4 is 16.4 Å². The quantitative estimate of drug-likeness (QED) is 0.124. The van der Waals surface area contributed by atoms with Gasteiger partial charge < -0.3 is 21.1 Å². The lowest BCUT2D eigenvalue weighted by Crippen LogP contribution is -2.55. The van der Waals surface area contributed by atoms with Gasteiger partial charge in [0.1, 0.15) is 0 Å². The average molecular weight is 574 g/mol. The summed E-state index contributed by atoms with van der Waals surface area (Å²) < 4.78 is 4.95. The number of rotatable bonds is 17. The van der Waals surface area contributed by atoms with Crippen molar-refractivity contribution in [2.24, 2.45) is 52.1 Å². The van der Waals surface area contributed by atoms with Gasteiger partial charge in [-0.05, 0) is 156 Å². The number of hydrogen-bond donors (Lipinski definition) is 3. The fourth-order valence-electron chi connectivity index (χ4n) is 10.8. The van der Waals surface area contributed by atoms with E-state index in [1.165, 1.54) is 123 Å². The predicted octanol–water partition coefficient (Wildman–Crippen LogP) is 7.47. The number of carbonyl (C=O) groups excluding carboxylic acids is 1. The monoisotopic (exact) mass is 574 g/mol. The summed E-state index contributed by atoms with van der Waals surface area (Å²) in [4.78, 5) is 11.8. The number of hydrogen-bond acceptors (Lipinski definition) is 5. The van der Waals surface area contributed by atoms with Gasteiger partial charge in [-0.25, -0.2) is 0 Å². The Kier molecular flexibility index (Phi) is 12.9. The number of nitrogens with one attached hydrogen (secondary N) is 2. The van der Waals surface area contributed by atoms with Crippen LogP contribution in [0.15, 0.2) is 0 Å². The maximum absolute atomic E-state index is 11.8. The molecule has 238 valence electrons. The van der Waals surface area contributed by atoms with E-state index in [4.69, 9.17) is 10.5 Å². The smallest absolute Gasteiger partial charge is 0.305 e. The summed E-state index contributed by atoms with van der Waals surface area (Å²) in [5, 5.41) is 7.65. The highest BCUT2D eigenvalue weighted by Gasteiger charge is 2.60. The van der Waals surface area contributed by atoms with Crippen molar-refractivity contribution >= 4 is 5.97 Å². The summed E-state index contributed by atoms with van der Waals surface area (Å²) in [5.74, 6) is 5.07.